The maximum absolute atomic E-state index is 13.7. The molecule has 0 radical (unpaired) electrons. The number of hydrogen-bond donors (Lipinski definition) is 1. The highest BCUT2D eigenvalue weighted by atomic mass is 32.2. The third-order valence-corrected chi connectivity index (χ3v) is 3.89. The summed E-state index contributed by atoms with van der Waals surface area (Å²) in [4.78, 5) is 1.88. The highest BCUT2D eigenvalue weighted by molar-refractivity contribution is 7.90. The van der Waals surface area contributed by atoms with Crippen molar-refractivity contribution < 1.29 is 12.8 Å². The summed E-state index contributed by atoms with van der Waals surface area (Å²) in [6, 6.07) is 6.45. The van der Waals surface area contributed by atoms with Gasteiger partial charge in [0.15, 0.2) is 0 Å². The van der Waals surface area contributed by atoms with Gasteiger partial charge in [-0.05, 0) is 20.2 Å². The van der Waals surface area contributed by atoms with Crippen LogP contribution in [-0.4, -0.2) is 52.5 Å². The first-order chi connectivity index (χ1) is 8.83. The second-order valence-electron chi connectivity index (χ2n) is 4.75. The number of halogens is 1. The van der Waals surface area contributed by atoms with Gasteiger partial charge in [0, 0.05) is 31.0 Å². The molecule has 0 saturated carbocycles. The zero-order valence-electron chi connectivity index (χ0n) is 11.6. The van der Waals surface area contributed by atoms with Gasteiger partial charge in [0.25, 0.3) is 0 Å². The Morgan fingerprint density at radius 3 is 2.53 bits per heavy atom. The molecule has 4 nitrogen and oxygen atoms in total. The van der Waals surface area contributed by atoms with Crippen LogP contribution in [0.15, 0.2) is 24.3 Å². The summed E-state index contributed by atoms with van der Waals surface area (Å²) in [6.45, 7) is 0.985. The zero-order valence-corrected chi connectivity index (χ0v) is 12.4. The van der Waals surface area contributed by atoms with Crippen LogP contribution in [0.2, 0.25) is 0 Å². The Morgan fingerprint density at radius 2 is 2.00 bits per heavy atom. The third kappa shape index (κ3) is 5.67. The molecule has 1 unspecified atom stereocenters. The smallest absolute Gasteiger partial charge is 0.148 e. The maximum atomic E-state index is 13.7. The average Bonchev–Trinajstić information content (AvgIpc) is 2.33. The molecular formula is C13H21FN2O2S. The Morgan fingerprint density at radius 1 is 1.37 bits per heavy atom. The van der Waals surface area contributed by atoms with Crippen molar-refractivity contribution >= 4 is 9.84 Å². The van der Waals surface area contributed by atoms with Gasteiger partial charge < -0.3 is 10.2 Å². The van der Waals surface area contributed by atoms with Crippen LogP contribution in [0.25, 0.3) is 0 Å². The van der Waals surface area contributed by atoms with E-state index >= 15 is 0 Å². The highest BCUT2D eigenvalue weighted by Gasteiger charge is 2.16. The lowest BCUT2D eigenvalue weighted by Crippen LogP contribution is -2.34. The molecule has 0 aromatic heterocycles. The molecule has 19 heavy (non-hydrogen) atoms. The Labute approximate surface area is 114 Å². The molecule has 1 aromatic rings. The summed E-state index contributed by atoms with van der Waals surface area (Å²) in [5.74, 6) is -0.143. The van der Waals surface area contributed by atoms with E-state index in [9.17, 15) is 12.8 Å². The molecule has 0 bridgehead atoms. The standard InChI is InChI=1S/C13H21FN2O2S/c1-15-13(11-6-4-5-7-12(11)14)10-16(2)8-9-19(3,17)18/h4-7,13,15H,8-10H2,1-3H3. The fourth-order valence-corrected chi connectivity index (χ4v) is 2.47. The van der Waals surface area contributed by atoms with Gasteiger partial charge in [0.05, 0.1) is 5.75 Å². The van der Waals surface area contributed by atoms with Crippen LogP contribution in [0.3, 0.4) is 0 Å². The monoisotopic (exact) mass is 288 g/mol. The molecule has 0 aliphatic carbocycles. The minimum atomic E-state index is -2.97. The normalized spacial score (nSPS) is 13.7. The van der Waals surface area contributed by atoms with Crippen molar-refractivity contribution in [3.63, 3.8) is 0 Å². The summed E-state index contributed by atoms with van der Waals surface area (Å²) in [5.41, 5.74) is 0.594. The lowest BCUT2D eigenvalue weighted by molar-refractivity contribution is 0.308. The Bertz CT molecular complexity index is 505. The van der Waals surface area contributed by atoms with Crippen LogP contribution in [0.4, 0.5) is 4.39 Å². The summed E-state index contributed by atoms with van der Waals surface area (Å²) < 4.78 is 35.9. The summed E-state index contributed by atoms with van der Waals surface area (Å²) >= 11 is 0. The molecule has 6 heteroatoms. The molecule has 0 fully saturated rings. The topological polar surface area (TPSA) is 49.4 Å². The van der Waals surface area contributed by atoms with Crippen molar-refractivity contribution in [1.82, 2.24) is 10.2 Å². The Kier molecular flexibility index (Phi) is 5.90. The van der Waals surface area contributed by atoms with E-state index in [1.165, 1.54) is 12.3 Å². The maximum Gasteiger partial charge on any atom is 0.148 e. The summed E-state index contributed by atoms with van der Waals surface area (Å²) in [6.07, 6.45) is 1.22. The van der Waals surface area contributed by atoms with Gasteiger partial charge in [-0.25, -0.2) is 12.8 Å². The number of nitrogens with zero attached hydrogens (tertiary/aromatic N) is 1. The van der Waals surface area contributed by atoms with Gasteiger partial charge in [-0.1, -0.05) is 18.2 Å². The van der Waals surface area contributed by atoms with Gasteiger partial charge in [0.2, 0.25) is 0 Å². The van der Waals surface area contributed by atoms with E-state index in [4.69, 9.17) is 0 Å². The van der Waals surface area contributed by atoms with Crippen molar-refractivity contribution in [3.05, 3.63) is 35.6 Å². The van der Waals surface area contributed by atoms with Gasteiger partial charge in [0.1, 0.15) is 15.7 Å². The number of hydrogen-bond acceptors (Lipinski definition) is 4. The Balaban J connectivity index is 2.65. The SMILES string of the molecule is CNC(CN(C)CCS(C)(=O)=O)c1ccccc1F. The van der Waals surface area contributed by atoms with Gasteiger partial charge in [-0.3, -0.25) is 0 Å². The van der Waals surface area contributed by atoms with Crippen molar-refractivity contribution in [1.29, 1.82) is 0 Å². The number of likely N-dealkylation sites (N-methyl/N-ethyl adjacent to an activating group) is 2. The minimum Gasteiger partial charge on any atom is -0.312 e. The van der Waals surface area contributed by atoms with E-state index in [1.54, 1.807) is 25.2 Å². The molecule has 0 aliphatic rings. The quantitative estimate of drug-likeness (QED) is 0.815. The van der Waals surface area contributed by atoms with Crippen LogP contribution in [0.1, 0.15) is 11.6 Å². The second-order valence-corrected chi connectivity index (χ2v) is 7.01. The summed E-state index contributed by atoms with van der Waals surface area (Å²) in [5, 5.41) is 3.06. The fraction of sp³-hybridized carbons (Fsp3) is 0.538. The van der Waals surface area contributed by atoms with E-state index in [0.29, 0.717) is 18.7 Å². The predicted molar refractivity (Wildman–Crippen MR) is 75.4 cm³/mol. The van der Waals surface area contributed by atoms with E-state index in [2.05, 4.69) is 5.32 Å². The number of sulfone groups is 1. The van der Waals surface area contributed by atoms with E-state index in [0.717, 1.165) is 0 Å². The lowest BCUT2D eigenvalue weighted by atomic mass is 10.1. The fourth-order valence-electron chi connectivity index (χ4n) is 1.83. The molecular weight excluding hydrogens is 267 g/mol. The largest absolute Gasteiger partial charge is 0.312 e. The molecule has 0 spiro atoms. The molecule has 0 heterocycles. The average molecular weight is 288 g/mol. The Hall–Kier alpha value is -0.980. The van der Waals surface area contributed by atoms with Crippen molar-refractivity contribution in [3.8, 4) is 0 Å². The first-order valence-corrected chi connectivity index (χ1v) is 8.17. The first-order valence-electron chi connectivity index (χ1n) is 6.11. The molecule has 0 aliphatic heterocycles. The van der Waals surface area contributed by atoms with Crippen molar-refractivity contribution in [2.45, 2.75) is 6.04 Å². The van der Waals surface area contributed by atoms with Crippen LogP contribution >= 0.6 is 0 Å². The van der Waals surface area contributed by atoms with Crippen LogP contribution in [0.5, 0.6) is 0 Å². The number of rotatable bonds is 7. The van der Waals surface area contributed by atoms with Crippen LogP contribution in [-0.2, 0) is 9.84 Å². The third-order valence-electron chi connectivity index (χ3n) is 2.97. The van der Waals surface area contributed by atoms with Crippen LogP contribution < -0.4 is 5.32 Å². The number of benzene rings is 1. The van der Waals surface area contributed by atoms with Crippen molar-refractivity contribution in [2.24, 2.45) is 0 Å². The molecule has 1 aromatic carbocycles. The summed E-state index contributed by atoms with van der Waals surface area (Å²) in [7, 11) is 0.624. The van der Waals surface area contributed by atoms with Crippen molar-refractivity contribution in [2.75, 3.05) is 39.2 Å². The minimum absolute atomic E-state index is 0.108. The van der Waals surface area contributed by atoms with Crippen LogP contribution in [0, 0.1) is 5.82 Å². The molecule has 1 rings (SSSR count). The molecule has 0 saturated heterocycles. The zero-order chi connectivity index (χ0) is 14.5. The molecule has 1 N–H and O–H groups in total. The highest BCUT2D eigenvalue weighted by Crippen LogP contribution is 2.17. The van der Waals surface area contributed by atoms with Gasteiger partial charge in [-0.15, -0.1) is 0 Å². The van der Waals surface area contributed by atoms with Gasteiger partial charge in [-0.2, -0.15) is 0 Å². The molecule has 108 valence electrons. The van der Waals surface area contributed by atoms with E-state index < -0.39 is 9.84 Å². The molecule has 0 amide bonds. The first kappa shape index (κ1) is 16.1. The molecule has 1 atom stereocenters. The van der Waals surface area contributed by atoms with E-state index in [1.807, 2.05) is 11.9 Å². The van der Waals surface area contributed by atoms with Gasteiger partial charge >= 0.3 is 0 Å². The predicted octanol–water partition coefficient (Wildman–Crippen LogP) is 1.06. The second kappa shape index (κ2) is 6.98. The lowest BCUT2D eigenvalue weighted by Gasteiger charge is -2.24. The number of nitrogens with one attached hydrogen (secondary N) is 1. The van der Waals surface area contributed by atoms with E-state index in [-0.39, 0.29) is 17.6 Å².